The number of pyridine rings is 1. The Balaban J connectivity index is 1.33. The molecule has 0 aliphatic carbocycles. The van der Waals surface area contributed by atoms with Gasteiger partial charge in [0, 0.05) is 39.9 Å². The fraction of sp³-hybridized carbons (Fsp3) is 0. The topological polar surface area (TPSA) is 66.1 Å². The molecule has 0 atom stereocenters. The predicted octanol–water partition coefficient (Wildman–Crippen LogP) is 7.11. The van der Waals surface area contributed by atoms with Crippen molar-refractivity contribution in [3.05, 3.63) is 121 Å². The molecule has 5 rings (SSSR count). The molecule has 3 N–H and O–H groups in total. The molecule has 1 heterocycles. The first-order valence-corrected chi connectivity index (χ1v) is 10.8. The van der Waals surface area contributed by atoms with Crippen LogP contribution < -0.4 is 16.0 Å². The van der Waals surface area contributed by atoms with Crippen LogP contribution in [0.15, 0.2) is 109 Å². The zero-order valence-corrected chi connectivity index (χ0v) is 18.1. The molecule has 0 saturated heterocycles. The van der Waals surface area contributed by atoms with Gasteiger partial charge in [0.15, 0.2) is 0 Å². The molecule has 0 fully saturated rings. The zero-order valence-electron chi connectivity index (χ0n) is 18.1. The van der Waals surface area contributed by atoms with Crippen LogP contribution in [0.4, 0.5) is 33.0 Å². The number of fused-ring (bicyclic) bond motifs is 1. The van der Waals surface area contributed by atoms with Crippen molar-refractivity contribution in [3.8, 4) is 0 Å². The molecular formula is C28H21FN4O. The van der Waals surface area contributed by atoms with Crippen molar-refractivity contribution in [2.45, 2.75) is 0 Å². The number of nitrogens with zero attached hydrogens (tertiary/aromatic N) is 1. The Hall–Kier alpha value is -4.71. The summed E-state index contributed by atoms with van der Waals surface area (Å²) in [6.45, 7) is 0. The molecule has 5 nitrogen and oxygen atoms in total. The summed E-state index contributed by atoms with van der Waals surface area (Å²) < 4.78 is 13.8. The summed E-state index contributed by atoms with van der Waals surface area (Å²) in [4.78, 5) is 17.3. The maximum Gasteiger partial charge on any atom is 0.255 e. The number of para-hydroxylation sites is 1. The van der Waals surface area contributed by atoms with E-state index in [4.69, 9.17) is 0 Å². The minimum atomic E-state index is -0.333. The monoisotopic (exact) mass is 448 g/mol. The van der Waals surface area contributed by atoms with Crippen molar-refractivity contribution in [3.63, 3.8) is 0 Å². The fourth-order valence-corrected chi connectivity index (χ4v) is 3.68. The van der Waals surface area contributed by atoms with Crippen LogP contribution >= 0.6 is 0 Å². The van der Waals surface area contributed by atoms with Crippen molar-refractivity contribution in [2.75, 3.05) is 16.0 Å². The number of carbonyl (C=O) groups is 1. The molecule has 5 aromatic rings. The summed E-state index contributed by atoms with van der Waals surface area (Å²) in [6.07, 6.45) is 1.66. The molecule has 0 aliphatic heterocycles. The van der Waals surface area contributed by atoms with Crippen LogP contribution in [-0.4, -0.2) is 10.9 Å². The van der Waals surface area contributed by atoms with E-state index >= 15 is 0 Å². The lowest BCUT2D eigenvalue weighted by molar-refractivity contribution is 0.102. The second-order valence-electron chi connectivity index (χ2n) is 7.76. The van der Waals surface area contributed by atoms with Crippen molar-refractivity contribution in [1.29, 1.82) is 0 Å². The van der Waals surface area contributed by atoms with E-state index in [0.717, 1.165) is 16.8 Å². The van der Waals surface area contributed by atoms with E-state index in [9.17, 15) is 9.18 Å². The van der Waals surface area contributed by atoms with Crippen LogP contribution in [0, 0.1) is 5.82 Å². The van der Waals surface area contributed by atoms with Gasteiger partial charge in [0.25, 0.3) is 5.91 Å². The molecule has 6 heteroatoms. The van der Waals surface area contributed by atoms with E-state index in [0.29, 0.717) is 28.1 Å². The van der Waals surface area contributed by atoms with Gasteiger partial charge in [-0.15, -0.1) is 0 Å². The SMILES string of the molecule is O=C(Nc1cccc(Nc2ccccc2)c1)c1cccc(Nc2nccc3ccc(F)cc23)c1. The highest BCUT2D eigenvalue weighted by atomic mass is 19.1. The standard InChI is InChI=1S/C28H21FN4O/c29-21-13-12-19-14-15-30-27(26(19)17-21)32-23-9-4-6-20(16-23)28(34)33-25-11-5-10-24(18-25)31-22-7-2-1-3-8-22/h1-18,31H,(H,30,32)(H,33,34). The lowest BCUT2D eigenvalue weighted by Gasteiger charge is -2.12. The summed E-state index contributed by atoms with van der Waals surface area (Å²) >= 11 is 0. The van der Waals surface area contributed by atoms with Crippen LogP contribution in [0.5, 0.6) is 0 Å². The van der Waals surface area contributed by atoms with Gasteiger partial charge in [-0.05, 0) is 72.1 Å². The molecule has 1 amide bonds. The number of hydrogen-bond donors (Lipinski definition) is 3. The van der Waals surface area contributed by atoms with Crippen LogP contribution in [-0.2, 0) is 0 Å². The van der Waals surface area contributed by atoms with Crippen molar-refractivity contribution in [2.24, 2.45) is 0 Å². The highest BCUT2D eigenvalue weighted by Gasteiger charge is 2.09. The first kappa shape index (κ1) is 21.2. The first-order chi connectivity index (χ1) is 16.6. The fourth-order valence-electron chi connectivity index (χ4n) is 3.68. The van der Waals surface area contributed by atoms with Gasteiger partial charge in [0.2, 0.25) is 0 Å². The van der Waals surface area contributed by atoms with E-state index in [1.807, 2.05) is 66.7 Å². The average Bonchev–Trinajstić information content (AvgIpc) is 2.85. The van der Waals surface area contributed by atoms with Gasteiger partial charge >= 0.3 is 0 Å². The summed E-state index contributed by atoms with van der Waals surface area (Å²) in [7, 11) is 0. The minimum Gasteiger partial charge on any atom is -0.355 e. The van der Waals surface area contributed by atoms with Crippen molar-refractivity contribution in [1.82, 2.24) is 4.98 Å². The lowest BCUT2D eigenvalue weighted by Crippen LogP contribution is -2.12. The van der Waals surface area contributed by atoms with Gasteiger partial charge in [-0.2, -0.15) is 0 Å². The van der Waals surface area contributed by atoms with Crippen LogP contribution in [0.1, 0.15) is 10.4 Å². The second-order valence-corrected chi connectivity index (χ2v) is 7.76. The summed E-state index contributed by atoms with van der Waals surface area (Å²) in [5.41, 5.74) is 3.67. The van der Waals surface area contributed by atoms with Crippen LogP contribution in [0.25, 0.3) is 10.8 Å². The number of nitrogens with one attached hydrogen (secondary N) is 3. The van der Waals surface area contributed by atoms with E-state index < -0.39 is 0 Å². The average molecular weight is 449 g/mol. The zero-order chi connectivity index (χ0) is 23.3. The highest BCUT2D eigenvalue weighted by Crippen LogP contribution is 2.26. The predicted molar refractivity (Wildman–Crippen MR) is 136 cm³/mol. The number of anilines is 5. The van der Waals surface area contributed by atoms with E-state index in [2.05, 4.69) is 20.9 Å². The first-order valence-electron chi connectivity index (χ1n) is 10.8. The molecule has 0 saturated carbocycles. The second kappa shape index (κ2) is 9.42. The van der Waals surface area contributed by atoms with Crippen LogP contribution in [0.3, 0.4) is 0 Å². The molecule has 34 heavy (non-hydrogen) atoms. The Labute approximate surface area is 196 Å². The molecule has 0 bridgehead atoms. The van der Waals surface area contributed by atoms with E-state index in [-0.39, 0.29) is 11.7 Å². The number of carbonyl (C=O) groups excluding carboxylic acids is 1. The van der Waals surface area contributed by atoms with Gasteiger partial charge in [0.05, 0.1) is 0 Å². The number of aromatic nitrogens is 1. The Morgan fingerprint density at radius 1 is 0.676 bits per heavy atom. The third-order valence-corrected chi connectivity index (χ3v) is 5.30. The van der Waals surface area contributed by atoms with Gasteiger partial charge in [-0.1, -0.05) is 36.4 Å². The van der Waals surface area contributed by atoms with Gasteiger partial charge < -0.3 is 16.0 Å². The quantitative estimate of drug-likeness (QED) is 0.259. The van der Waals surface area contributed by atoms with Crippen molar-refractivity contribution >= 4 is 45.2 Å². The van der Waals surface area contributed by atoms with Gasteiger partial charge in [0.1, 0.15) is 11.6 Å². The number of halogens is 1. The smallest absolute Gasteiger partial charge is 0.255 e. The van der Waals surface area contributed by atoms with E-state index in [1.165, 1.54) is 12.1 Å². The highest BCUT2D eigenvalue weighted by molar-refractivity contribution is 6.05. The molecule has 1 aromatic heterocycles. The summed E-state index contributed by atoms with van der Waals surface area (Å²) in [6, 6.07) is 30.8. The van der Waals surface area contributed by atoms with Gasteiger partial charge in [-0.25, -0.2) is 9.37 Å². The molecular weight excluding hydrogens is 427 g/mol. The molecule has 0 radical (unpaired) electrons. The minimum absolute atomic E-state index is 0.238. The van der Waals surface area contributed by atoms with E-state index in [1.54, 1.807) is 30.5 Å². The molecule has 0 spiro atoms. The summed E-state index contributed by atoms with van der Waals surface area (Å²) in [5.74, 6) is -0.0488. The Kier molecular flexibility index (Phi) is 5.86. The van der Waals surface area contributed by atoms with Crippen LogP contribution in [0.2, 0.25) is 0 Å². The molecule has 0 unspecified atom stereocenters. The number of hydrogen-bond acceptors (Lipinski definition) is 4. The number of amides is 1. The maximum atomic E-state index is 13.8. The summed E-state index contributed by atoms with van der Waals surface area (Å²) in [5, 5.41) is 11.0. The number of benzene rings is 4. The molecule has 0 aliphatic rings. The largest absolute Gasteiger partial charge is 0.355 e. The van der Waals surface area contributed by atoms with Crippen molar-refractivity contribution < 1.29 is 9.18 Å². The number of rotatable bonds is 6. The Morgan fingerprint density at radius 2 is 1.41 bits per heavy atom. The third kappa shape index (κ3) is 4.86. The normalized spacial score (nSPS) is 10.6. The Morgan fingerprint density at radius 3 is 2.26 bits per heavy atom. The Bertz CT molecular complexity index is 1470. The molecule has 166 valence electrons. The maximum absolute atomic E-state index is 13.8. The van der Waals surface area contributed by atoms with Gasteiger partial charge in [-0.3, -0.25) is 4.79 Å². The molecule has 4 aromatic carbocycles. The third-order valence-electron chi connectivity index (χ3n) is 5.30. The lowest BCUT2D eigenvalue weighted by atomic mass is 10.1.